The molecule has 1 aliphatic rings. The Morgan fingerprint density at radius 1 is 0.971 bits per heavy atom. The third-order valence-electron chi connectivity index (χ3n) is 5.99. The van der Waals surface area contributed by atoms with E-state index in [1.807, 2.05) is 18.2 Å². The number of hydrogen-bond acceptors (Lipinski definition) is 6. The lowest BCUT2D eigenvalue weighted by atomic mass is 10.0. The molecule has 2 aromatic carbocycles. The van der Waals surface area contributed by atoms with Crippen LogP contribution in [0, 0.1) is 0 Å². The molecule has 0 aliphatic carbocycles. The first-order chi connectivity index (χ1) is 17.1. The normalized spacial score (nSPS) is 13.2. The number of ketones is 1. The van der Waals surface area contributed by atoms with E-state index >= 15 is 0 Å². The maximum atomic E-state index is 12.6. The molecule has 0 fully saturated rings. The van der Waals surface area contributed by atoms with Crippen LogP contribution in [0.1, 0.15) is 61.4 Å². The predicted octanol–water partition coefficient (Wildman–Crippen LogP) is 4.33. The highest BCUT2D eigenvalue weighted by molar-refractivity contribution is 5.96. The molecule has 35 heavy (non-hydrogen) atoms. The maximum absolute atomic E-state index is 12.6. The van der Waals surface area contributed by atoms with Crippen molar-refractivity contribution in [2.75, 3.05) is 33.4 Å². The molecule has 3 rings (SSSR count). The number of nitrogens with one attached hydrogen (secondary N) is 2. The number of carbonyl (C=O) groups excluding carboxylic acids is 2. The summed E-state index contributed by atoms with van der Waals surface area (Å²) < 4.78 is 16.4. The van der Waals surface area contributed by atoms with Gasteiger partial charge < -0.3 is 24.8 Å². The van der Waals surface area contributed by atoms with Crippen LogP contribution in [0.25, 0.3) is 0 Å². The Bertz CT molecular complexity index is 945. The van der Waals surface area contributed by atoms with Gasteiger partial charge in [-0.3, -0.25) is 9.59 Å². The Labute approximate surface area is 208 Å². The average molecular weight is 483 g/mol. The zero-order chi connectivity index (χ0) is 24.9. The van der Waals surface area contributed by atoms with Gasteiger partial charge in [0.2, 0.25) is 5.91 Å². The molecular weight excluding hydrogens is 444 g/mol. The van der Waals surface area contributed by atoms with Crippen LogP contribution in [0.2, 0.25) is 0 Å². The standard InChI is InChI=1S/C28H38N2O5/c1-3-15-29-20-23(18-21-9-14-26-27(19-21)35-17-16-34-26)30-28(32)8-6-4-5-7-25(31)22-10-12-24(33-2)13-11-22/h9-14,19,23,29H,3-8,15-18,20H2,1-2H3,(H,30,32)/t23-/m0/s1. The zero-order valence-electron chi connectivity index (χ0n) is 20.9. The van der Waals surface area contributed by atoms with E-state index in [-0.39, 0.29) is 17.7 Å². The van der Waals surface area contributed by atoms with Crippen molar-refractivity contribution >= 4 is 11.7 Å². The minimum atomic E-state index is -0.00624. The van der Waals surface area contributed by atoms with E-state index in [0.717, 1.165) is 61.5 Å². The molecule has 1 atom stereocenters. The van der Waals surface area contributed by atoms with Gasteiger partial charge in [-0.15, -0.1) is 0 Å². The Balaban J connectivity index is 1.41. The van der Waals surface area contributed by atoms with Crippen LogP contribution >= 0.6 is 0 Å². The molecule has 190 valence electrons. The maximum Gasteiger partial charge on any atom is 0.220 e. The number of benzene rings is 2. The number of unbranched alkanes of at least 4 members (excludes halogenated alkanes) is 2. The molecular formula is C28H38N2O5. The van der Waals surface area contributed by atoms with Gasteiger partial charge in [-0.1, -0.05) is 19.4 Å². The summed E-state index contributed by atoms with van der Waals surface area (Å²) in [6.45, 7) is 4.88. The number of carbonyl (C=O) groups is 2. The topological polar surface area (TPSA) is 85.9 Å². The fourth-order valence-corrected chi connectivity index (χ4v) is 4.10. The van der Waals surface area contributed by atoms with Gasteiger partial charge >= 0.3 is 0 Å². The van der Waals surface area contributed by atoms with Crippen molar-refractivity contribution in [3.05, 3.63) is 53.6 Å². The number of rotatable bonds is 15. The monoisotopic (exact) mass is 482 g/mol. The van der Waals surface area contributed by atoms with Gasteiger partial charge in [-0.25, -0.2) is 0 Å². The van der Waals surface area contributed by atoms with Crippen LogP contribution < -0.4 is 24.8 Å². The fraction of sp³-hybridized carbons (Fsp3) is 0.500. The number of methoxy groups -OCH3 is 1. The van der Waals surface area contributed by atoms with Gasteiger partial charge in [0.15, 0.2) is 17.3 Å². The summed E-state index contributed by atoms with van der Waals surface area (Å²) in [5.74, 6) is 2.45. The van der Waals surface area contributed by atoms with Crippen molar-refractivity contribution in [3.8, 4) is 17.2 Å². The summed E-state index contributed by atoms with van der Waals surface area (Å²) in [6.07, 6.45) is 5.09. The second-order valence-electron chi connectivity index (χ2n) is 8.86. The van der Waals surface area contributed by atoms with Gasteiger partial charge in [0.05, 0.1) is 7.11 Å². The quantitative estimate of drug-likeness (QED) is 0.290. The Morgan fingerprint density at radius 2 is 1.71 bits per heavy atom. The van der Waals surface area contributed by atoms with Crippen molar-refractivity contribution in [2.24, 2.45) is 0 Å². The lowest BCUT2D eigenvalue weighted by Gasteiger charge is -2.22. The van der Waals surface area contributed by atoms with E-state index in [9.17, 15) is 9.59 Å². The minimum Gasteiger partial charge on any atom is -0.497 e. The van der Waals surface area contributed by atoms with Crippen molar-refractivity contribution in [1.29, 1.82) is 0 Å². The molecule has 0 unspecified atom stereocenters. The Morgan fingerprint density at radius 3 is 2.46 bits per heavy atom. The molecule has 0 spiro atoms. The van der Waals surface area contributed by atoms with E-state index in [0.29, 0.717) is 38.2 Å². The van der Waals surface area contributed by atoms with Gasteiger partial charge in [0.1, 0.15) is 19.0 Å². The van der Waals surface area contributed by atoms with Crippen LogP contribution in [0.5, 0.6) is 17.2 Å². The van der Waals surface area contributed by atoms with Crippen molar-refractivity contribution in [2.45, 2.75) is 57.9 Å². The summed E-state index contributed by atoms with van der Waals surface area (Å²) >= 11 is 0. The van der Waals surface area contributed by atoms with Crippen molar-refractivity contribution < 1.29 is 23.8 Å². The first-order valence-electron chi connectivity index (χ1n) is 12.6. The molecule has 0 radical (unpaired) electrons. The highest BCUT2D eigenvalue weighted by atomic mass is 16.6. The third-order valence-corrected chi connectivity index (χ3v) is 5.99. The molecule has 0 aromatic heterocycles. The van der Waals surface area contributed by atoms with Crippen LogP contribution in [0.3, 0.4) is 0 Å². The first-order valence-corrected chi connectivity index (χ1v) is 12.6. The molecule has 0 bridgehead atoms. The van der Waals surface area contributed by atoms with Crippen molar-refractivity contribution in [1.82, 2.24) is 10.6 Å². The highest BCUT2D eigenvalue weighted by Crippen LogP contribution is 2.31. The second kappa shape index (κ2) is 14.4. The minimum absolute atomic E-state index is 0.00624. The van der Waals surface area contributed by atoms with Gasteiger partial charge in [0.25, 0.3) is 0 Å². The summed E-state index contributed by atoms with van der Waals surface area (Å²) in [4.78, 5) is 25.0. The second-order valence-corrected chi connectivity index (χ2v) is 8.86. The molecule has 0 saturated heterocycles. The number of amides is 1. The van der Waals surface area contributed by atoms with Gasteiger partial charge in [0, 0.05) is 31.0 Å². The number of Topliss-reactive ketones (excluding diaryl/α,β-unsaturated/α-hetero) is 1. The van der Waals surface area contributed by atoms with Crippen LogP contribution in [0.4, 0.5) is 0 Å². The molecule has 0 saturated carbocycles. The predicted molar refractivity (Wildman–Crippen MR) is 137 cm³/mol. The summed E-state index contributed by atoms with van der Waals surface area (Å²) in [5, 5.41) is 6.61. The molecule has 2 N–H and O–H groups in total. The number of fused-ring (bicyclic) bond motifs is 1. The molecule has 7 nitrogen and oxygen atoms in total. The summed E-state index contributed by atoms with van der Waals surface area (Å²) in [5.41, 5.74) is 1.81. The molecule has 7 heteroatoms. The van der Waals surface area contributed by atoms with Gasteiger partial charge in [-0.05, 0) is 74.2 Å². The van der Waals surface area contributed by atoms with E-state index in [4.69, 9.17) is 14.2 Å². The number of ether oxygens (including phenoxy) is 3. The lowest BCUT2D eigenvalue weighted by Crippen LogP contribution is -2.43. The molecule has 1 heterocycles. The van der Waals surface area contributed by atoms with Crippen molar-refractivity contribution in [3.63, 3.8) is 0 Å². The van der Waals surface area contributed by atoms with Crippen LogP contribution in [-0.4, -0.2) is 51.1 Å². The average Bonchev–Trinajstić information content (AvgIpc) is 2.88. The molecule has 1 amide bonds. The van der Waals surface area contributed by atoms with E-state index in [2.05, 4.69) is 17.6 Å². The third kappa shape index (κ3) is 8.91. The zero-order valence-corrected chi connectivity index (χ0v) is 20.9. The van der Waals surface area contributed by atoms with E-state index in [1.54, 1.807) is 31.4 Å². The van der Waals surface area contributed by atoms with E-state index < -0.39 is 0 Å². The Kier molecular flexibility index (Phi) is 10.9. The molecule has 2 aromatic rings. The highest BCUT2D eigenvalue weighted by Gasteiger charge is 2.16. The van der Waals surface area contributed by atoms with Crippen LogP contribution in [-0.2, 0) is 11.2 Å². The number of hydrogen-bond donors (Lipinski definition) is 2. The van der Waals surface area contributed by atoms with Gasteiger partial charge in [-0.2, -0.15) is 0 Å². The summed E-state index contributed by atoms with van der Waals surface area (Å²) in [7, 11) is 1.61. The summed E-state index contributed by atoms with van der Waals surface area (Å²) in [6, 6.07) is 13.2. The first kappa shape index (κ1) is 26.5. The van der Waals surface area contributed by atoms with E-state index in [1.165, 1.54) is 0 Å². The molecule has 1 aliphatic heterocycles. The SMILES string of the molecule is CCCNC[C@H](Cc1ccc2c(c1)OCCO2)NC(=O)CCCCCC(=O)c1ccc(OC)cc1. The smallest absolute Gasteiger partial charge is 0.220 e. The Hall–Kier alpha value is -3.06. The lowest BCUT2D eigenvalue weighted by molar-refractivity contribution is -0.121. The van der Waals surface area contributed by atoms with Crippen LogP contribution in [0.15, 0.2) is 42.5 Å². The fourth-order valence-electron chi connectivity index (χ4n) is 4.10. The largest absolute Gasteiger partial charge is 0.497 e.